The van der Waals surface area contributed by atoms with Gasteiger partial charge in [-0.15, -0.1) is 10.2 Å². The van der Waals surface area contributed by atoms with Crippen LogP contribution in [-0.4, -0.2) is 26.8 Å². The van der Waals surface area contributed by atoms with E-state index in [1.54, 1.807) is 0 Å². The van der Waals surface area contributed by atoms with Gasteiger partial charge in [0, 0.05) is 5.69 Å². The van der Waals surface area contributed by atoms with Crippen LogP contribution in [0.2, 0.25) is 0 Å². The Morgan fingerprint density at radius 3 is 2.84 bits per heavy atom. The van der Waals surface area contributed by atoms with Crippen LogP contribution in [0.3, 0.4) is 0 Å². The molecule has 2 heterocycles. The number of carbonyl (C=O) groups is 1. The molecular formula is C17H19N5OS2. The number of nitrogens with one attached hydrogen (secondary N) is 1. The number of rotatable bonds is 4. The molecule has 0 unspecified atom stereocenters. The van der Waals surface area contributed by atoms with E-state index in [1.807, 2.05) is 13.0 Å². The number of hydrogen-bond acceptors (Lipinski definition) is 7. The highest BCUT2D eigenvalue weighted by Gasteiger charge is 2.15. The van der Waals surface area contributed by atoms with Crippen LogP contribution in [0.1, 0.15) is 47.5 Å². The third-order valence-electron chi connectivity index (χ3n) is 4.00. The molecule has 0 saturated heterocycles. The SMILES string of the molecule is Cc1nnc(NC(=O)CSc2nc3c(cc2C#N)CCCCCC3)s1. The molecule has 8 heteroatoms. The lowest BCUT2D eigenvalue weighted by Gasteiger charge is -2.15. The standard InChI is InChI=1S/C17H19N5OS2/c1-11-21-22-17(25-11)20-15(23)10-24-16-13(9-18)8-12-6-4-2-3-5-7-14(12)19-16/h8H,2-7,10H2,1H3,(H,20,22,23). The van der Waals surface area contributed by atoms with Gasteiger partial charge >= 0.3 is 0 Å². The minimum atomic E-state index is -0.168. The van der Waals surface area contributed by atoms with Gasteiger partial charge in [-0.1, -0.05) is 35.9 Å². The van der Waals surface area contributed by atoms with Gasteiger partial charge in [-0.3, -0.25) is 10.1 Å². The molecule has 130 valence electrons. The third-order valence-corrected chi connectivity index (χ3v) is 5.74. The summed E-state index contributed by atoms with van der Waals surface area (Å²) in [6.45, 7) is 1.84. The summed E-state index contributed by atoms with van der Waals surface area (Å²) < 4.78 is 0. The third kappa shape index (κ3) is 4.77. The minimum Gasteiger partial charge on any atom is -0.300 e. The molecule has 2 aromatic rings. The lowest BCUT2D eigenvalue weighted by molar-refractivity contribution is -0.113. The first-order valence-electron chi connectivity index (χ1n) is 8.31. The second kappa shape index (κ2) is 8.41. The lowest BCUT2D eigenvalue weighted by Crippen LogP contribution is -2.14. The molecule has 1 N–H and O–H groups in total. The van der Waals surface area contributed by atoms with Crippen molar-refractivity contribution in [1.82, 2.24) is 15.2 Å². The topological polar surface area (TPSA) is 91.6 Å². The number of nitriles is 1. The molecule has 0 spiro atoms. The Hall–Kier alpha value is -1.98. The molecule has 0 aromatic carbocycles. The summed E-state index contributed by atoms with van der Waals surface area (Å²) in [4.78, 5) is 16.8. The molecule has 0 fully saturated rings. The van der Waals surface area contributed by atoms with Gasteiger partial charge in [0.15, 0.2) is 0 Å². The van der Waals surface area contributed by atoms with E-state index in [9.17, 15) is 10.1 Å². The van der Waals surface area contributed by atoms with Crippen molar-refractivity contribution in [2.75, 3.05) is 11.1 Å². The number of fused-ring (bicyclic) bond motifs is 1. The Morgan fingerprint density at radius 2 is 2.12 bits per heavy atom. The van der Waals surface area contributed by atoms with E-state index in [-0.39, 0.29) is 11.7 Å². The lowest BCUT2D eigenvalue weighted by atomic mass is 9.96. The number of nitrogens with zero attached hydrogens (tertiary/aromatic N) is 4. The van der Waals surface area contributed by atoms with E-state index in [0.717, 1.165) is 36.4 Å². The molecule has 3 rings (SSSR count). The number of thioether (sulfide) groups is 1. The van der Waals surface area contributed by atoms with Gasteiger partial charge in [0.05, 0.1) is 11.3 Å². The fourth-order valence-electron chi connectivity index (χ4n) is 2.79. The maximum absolute atomic E-state index is 12.1. The highest BCUT2D eigenvalue weighted by molar-refractivity contribution is 8.00. The number of anilines is 1. The van der Waals surface area contributed by atoms with Crippen molar-refractivity contribution in [2.45, 2.75) is 50.5 Å². The number of hydrogen-bond donors (Lipinski definition) is 1. The maximum atomic E-state index is 12.1. The molecule has 0 bridgehead atoms. The minimum absolute atomic E-state index is 0.168. The molecule has 1 aliphatic carbocycles. The molecule has 0 saturated carbocycles. The quantitative estimate of drug-likeness (QED) is 0.825. The van der Waals surface area contributed by atoms with Crippen molar-refractivity contribution in [2.24, 2.45) is 0 Å². The van der Waals surface area contributed by atoms with Crippen molar-refractivity contribution in [3.8, 4) is 6.07 Å². The van der Waals surface area contributed by atoms with E-state index in [4.69, 9.17) is 4.98 Å². The van der Waals surface area contributed by atoms with Crippen LogP contribution >= 0.6 is 23.1 Å². The van der Waals surface area contributed by atoms with Gasteiger partial charge in [-0.2, -0.15) is 5.26 Å². The van der Waals surface area contributed by atoms with Crippen molar-refractivity contribution < 1.29 is 4.79 Å². The highest BCUT2D eigenvalue weighted by atomic mass is 32.2. The molecule has 0 atom stereocenters. The van der Waals surface area contributed by atoms with Gasteiger partial charge in [0.1, 0.15) is 16.1 Å². The smallest absolute Gasteiger partial charge is 0.236 e. The number of aryl methyl sites for hydroxylation is 3. The van der Waals surface area contributed by atoms with Gasteiger partial charge in [0.2, 0.25) is 11.0 Å². The van der Waals surface area contributed by atoms with Gasteiger partial charge < -0.3 is 0 Å². The predicted octanol–water partition coefficient (Wildman–Crippen LogP) is 3.50. The molecule has 2 aromatic heterocycles. The normalized spacial score (nSPS) is 14.1. The molecule has 0 radical (unpaired) electrons. The van der Waals surface area contributed by atoms with Crippen LogP contribution in [0.4, 0.5) is 5.13 Å². The Labute approximate surface area is 155 Å². The van der Waals surface area contributed by atoms with Gasteiger partial charge in [-0.05, 0) is 44.2 Å². The summed E-state index contributed by atoms with van der Waals surface area (Å²) in [6, 6.07) is 4.18. The van der Waals surface area contributed by atoms with Gasteiger partial charge in [-0.25, -0.2) is 4.98 Å². The van der Waals surface area contributed by atoms with Crippen LogP contribution in [0.15, 0.2) is 11.1 Å². The van der Waals surface area contributed by atoms with E-state index in [1.165, 1.54) is 41.5 Å². The number of amides is 1. The average Bonchev–Trinajstić information content (AvgIpc) is 2.98. The monoisotopic (exact) mass is 373 g/mol. The molecular weight excluding hydrogens is 354 g/mol. The summed E-state index contributed by atoms with van der Waals surface area (Å²) in [5.41, 5.74) is 2.83. The first-order valence-corrected chi connectivity index (χ1v) is 10.1. The molecule has 6 nitrogen and oxygen atoms in total. The van der Waals surface area contributed by atoms with Crippen LogP contribution < -0.4 is 5.32 Å². The summed E-state index contributed by atoms with van der Waals surface area (Å²) >= 11 is 2.64. The molecule has 1 aliphatic rings. The predicted molar refractivity (Wildman–Crippen MR) is 98.8 cm³/mol. The summed E-state index contributed by atoms with van der Waals surface area (Å²) in [5.74, 6) is 0.0256. The van der Waals surface area contributed by atoms with Crippen LogP contribution in [-0.2, 0) is 17.6 Å². The summed E-state index contributed by atoms with van der Waals surface area (Å²) in [6.07, 6.45) is 6.68. The van der Waals surface area contributed by atoms with Crippen molar-refractivity contribution in [3.63, 3.8) is 0 Å². The number of carbonyl (C=O) groups excluding carboxylic acids is 1. The largest absolute Gasteiger partial charge is 0.300 e. The molecule has 1 amide bonds. The Kier molecular flexibility index (Phi) is 6.00. The van der Waals surface area contributed by atoms with Crippen LogP contribution in [0, 0.1) is 18.3 Å². The van der Waals surface area contributed by atoms with Gasteiger partial charge in [0.25, 0.3) is 0 Å². The van der Waals surface area contributed by atoms with E-state index < -0.39 is 0 Å². The Bertz CT molecular complexity index is 812. The van der Waals surface area contributed by atoms with E-state index in [2.05, 4.69) is 21.6 Å². The first-order chi connectivity index (χ1) is 12.2. The maximum Gasteiger partial charge on any atom is 0.236 e. The Balaban J connectivity index is 1.69. The zero-order chi connectivity index (χ0) is 17.6. The molecule has 0 aliphatic heterocycles. The van der Waals surface area contributed by atoms with E-state index >= 15 is 0 Å². The molecule has 25 heavy (non-hydrogen) atoms. The van der Waals surface area contributed by atoms with Crippen molar-refractivity contribution in [1.29, 1.82) is 5.26 Å². The summed E-state index contributed by atoms with van der Waals surface area (Å²) in [5, 5.41) is 21.8. The average molecular weight is 374 g/mol. The fraction of sp³-hybridized carbons (Fsp3) is 0.471. The zero-order valence-electron chi connectivity index (χ0n) is 14.0. The second-order valence-corrected chi connectivity index (χ2v) is 8.08. The Morgan fingerprint density at radius 1 is 1.32 bits per heavy atom. The summed E-state index contributed by atoms with van der Waals surface area (Å²) in [7, 11) is 0. The van der Waals surface area contributed by atoms with Crippen molar-refractivity contribution >= 4 is 34.1 Å². The zero-order valence-corrected chi connectivity index (χ0v) is 15.7. The number of pyridine rings is 1. The van der Waals surface area contributed by atoms with Crippen LogP contribution in [0.25, 0.3) is 0 Å². The van der Waals surface area contributed by atoms with Crippen molar-refractivity contribution in [3.05, 3.63) is 27.9 Å². The fourth-order valence-corrected chi connectivity index (χ4v) is 4.18. The first kappa shape index (κ1) is 17.8. The highest BCUT2D eigenvalue weighted by Crippen LogP contribution is 2.27. The van der Waals surface area contributed by atoms with E-state index in [0.29, 0.717) is 15.7 Å². The number of aromatic nitrogens is 3. The second-order valence-electron chi connectivity index (χ2n) is 5.94. The van der Waals surface area contributed by atoms with Crippen LogP contribution in [0.5, 0.6) is 0 Å².